The summed E-state index contributed by atoms with van der Waals surface area (Å²) in [6.45, 7) is 1.56. The van der Waals surface area contributed by atoms with Crippen LogP contribution in [0.1, 0.15) is 12.5 Å². The highest BCUT2D eigenvalue weighted by molar-refractivity contribution is 7.99. The summed E-state index contributed by atoms with van der Waals surface area (Å²) in [6.07, 6.45) is -5.32. The molecule has 0 saturated carbocycles. The number of benzene rings is 2. The van der Waals surface area contributed by atoms with Gasteiger partial charge in [-0.3, -0.25) is 0 Å². The molecule has 0 radical (unpaired) electrons. The Balaban J connectivity index is 1.87. The Morgan fingerprint density at radius 3 is 2.36 bits per heavy atom. The molecule has 1 aliphatic rings. The van der Waals surface area contributed by atoms with Gasteiger partial charge in [0.15, 0.2) is 5.60 Å². The lowest BCUT2D eigenvalue weighted by molar-refractivity contribution is -0.320. The molecule has 0 spiro atoms. The molecule has 6 nitrogen and oxygen atoms in total. The fraction of sp³-hybridized carbons (Fsp3) is 0.429. The Morgan fingerprint density at radius 2 is 1.75 bits per heavy atom. The van der Waals surface area contributed by atoms with Crippen molar-refractivity contribution in [2.75, 3.05) is 12.4 Å². The molecule has 0 aromatic heterocycles. The van der Waals surface area contributed by atoms with Crippen LogP contribution >= 0.6 is 11.8 Å². The highest BCUT2D eigenvalue weighted by Gasteiger charge is 2.56. The Hall–Kier alpha value is -1.61. The fourth-order valence-corrected chi connectivity index (χ4v) is 3.95. The minimum atomic E-state index is -1.90. The van der Waals surface area contributed by atoms with E-state index in [1.54, 1.807) is 36.0 Å². The van der Waals surface area contributed by atoms with Gasteiger partial charge in [-0.25, -0.2) is 0 Å². The van der Waals surface area contributed by atoms with Crippen molar-refractivity contribution in [3.05, 3.63) is 60.2 Å². The second-order valence-electron chi connectivity index (χ2n) is 6.80. The zero-order chi connectivity index (χ0) is 20.1. The molecular formula is C21H26O6S. The van der Waals surface area contributed by atoms with Crippen LogP contribution < -0.4 is 4.74 Å². The van der Waals surface area contributed by atoms with Gasteiger partial charge in [-0.05, 0) is 35.6 Å². The average molecular weight is 407 g/mol. The predicted molar refractivity (Wildman–Crippen MR) is 106 cm³/mol. The molecule has 4 N–H and O–H groups in total. The summed E-state index contributed by atoms with van der Waals surface area (Å²) in [4.78, 5) is 1.11. The maximum Gasteiger partial charge on any atom is 0.232 e. The lowest BCUT2D eigenvalue weighted by Crippen LogP contribution is -2.68. The summed E-state index contributed by atoms with van der Waals surface area (Å²) in [7, 11) is 0. The average Bonchev–Trinajstić information content (AvgIpc) is 2.71. The largest absolute Gasteiger partial charge is 0.462 e. The first kappa shape index (κ1) is 21.1. The molecule has 0 amide bonds. The van der Waals surface area contributed by atoms with E-state index in [4.69, 9.17) is 9.47 Å². The third-order valence-electron chi connectivity index (χ3n) is 4.81. The minimum absolute atomic E-state index is 0.0119. The molecule has 1 fully saturated rings. The first-order valence-corrected chi connectivity index (χ1v) is 10.2. The fourth-order valence-electron chi connectivity index (χ4n) is 3.28. The van der Waals surface area contributed by atoms with Gasteiger partial charge in [0.1, 0.15) is 24.1 Å². The third-order valence-corrected chi connectivity index (χ3v) is 5.71. The van der Waals surface area contributed by atoms with Gasteiger partial charge in [-0.15, -0.1) is 11.8 Å². The van der Waals surface area contributed by atoms with Crippen LogP contribution in [-0.4, -0.2) is 63.0 Å². The lowest BCUT2D eigenvalue weighted by atomic mass is 9.81. The second kappa shape index (κ2) is 9.26. The SMILES string of the molecule is CCSc1ccc(C[C@]2(O)[C@H](Oc3ccccc3)O[C@H](CO)[C@@H](O)[C@@H]2O)cc1. The van der Waals surface area contributed by atoms with Crippen molar-refractivity contribution in [2.45, 2.75) is 48.4 Å². The standard InChI is InChI=1S/C21H26O6S/c1-2-28-16-10-8-14(9-11-16)12-21(25)19(24)18(23)17(13-22)27-20(21)26-15-6-4-3-5-7-15/h3-11,17-20,22-25H,2,12-13H2,1H3/t17-,18-,19+,20-,21-/m1/s1. The third kappa shape index (κ3) is 4.51. The zero-order valence-electron chi connectivity index (χ0n) is 15.6. The van der Waals surface area contributed by atoms with Gasteiger partial charge in [-0.2, -0.15) is 0 Å². The van der Waals surface area contributed by atoms with E-state index >= 15 is 0 Å². The molecule has 1 heterocycles. The van der Waals surface area contributed by atoms with E-state index in [1.807, 2.05) is 30.3 Å². The molecule has 2 aromatic rings. The summed E-state index contributed by atoms with van der Waals surface area (Å²) in [5, 5.41) is 41.8. The van der Waals surface area contributed by atoms with Crippen LogP contribution in [0, 0.1) is 0 Å². The van der Waals surface area contributed by atoms with Gasteiger partial charge in [0, 0.05) is 11.3 Å². The Labute approximate surface area is 168 Å². The van der Waals surface area contributed by atoms with Gasteiger partial charge in [0.25, 0.3) is 0 Å². The van der Waals surface area contributed by atoms with Gasteiger partial charge in [0.2, 0.25) is 6.29 Å². The quantitative estimate of drug-likeness (QED) is 0.518. The van der Waals surface area contributed by atoms with Crippen molar-refractivity contribution in [3.8, 4) is 5.75 Å². The summed E-state index contributed by atoms with van der Waals surface area (Å²) in [5.41, 5.74) is -1.14. The topological polar surface area (TPSA) is 99.4 Å². The molecule has 0 aliphatic carbocycles. The van der Waals surface area contributed by atoms with Crippen LogP contribution in [-0.2, 0) is 11.2 Å². The Kier molecular flexibility index (Phi) is 6.98. The zero-order valence-corrected chi connectivity index (χ0v) is 16.5. The van der Waals surface area contributed by atoms with Crippen molar-refractivity contribution < 1.29 is 29.9 Å². The van der Waals surface area contributed by atoms with Gasteiger partial charge >= 0.3 is 0 Å². The molecule has 7 heteroatoms. The molecule has 1 aliphatic heterocycles. The first-order chi connectivity index (χ1) is 13.5. The number of thioether (sulfide) groups is 1. The highest BCUT2D eigenvalue weighted by Crippen LogP contribution is 2.35. The van der Waals surface area contributed by atoms with Crippen molar-refractivity contribution in [3.63, 3.8) is 0 Å². The molecule has 2 aromatic carbocycles. The molecule has 0 bridgehead atoms. The summed E-state index contributed by atoms with van der Waals surface area (Å²) < 4.78 is 11.4. The van der Waals surface area contributed by atoms with Gasteiger partial charge in [0.05, 0.1) is 6.61 Å². The summed E-state index contributed by atoms with van der Waals surface area (Å²) in [6, 6.07) is 16.4. The normalized spacial score (nSPS) is 30.2. The number of aliphatic hydroxyl groups excluding tert-OH is 3. The van der Waals surface area contributed by atoms with Gasteiger partial charge in [-0.1, -0.05) is 37.3 Å². The van der Waals surface area contributed by atoms with E-state index in [0.717, 1.165) is 16.2 Å². The number of ether oxygens (including phenoxy) is 2. The van der Waals surface area contributed by atoms with Crippen LogP contribution in [0.2, 0.25) is 0 Å². The van der Waals surface area contributed by atoms with Crippen LogP contribution in [0.4, 0.5) is 0 Å². The number of para-hydroxylation sites is 1. The van der Waals surface area contributed by atoms with Crippen LogP contribution in [0.5, 0.6) is 5.75 Å². The Bertz CT molecular complexity index is 740. The van der Waals surface area contributed by atoms with Crippen LogP contribution in [0.25, 0.3) is 0 Å². The first-order valence-electron chi connectivity index (χ1n) is 9.26. The number of hydrogen-bond donors (Lipinski definition) is 4. The molecule has 28 heavy (non-hydrogen) atoms. The maximum absolute atomic E-state index is 11.3. The molecule has 1 saturated heterocycles. The van der Waals surface area contributed by atoms with Gasteiger partial charge < -0.3 is 29.9 Å². The van der Waals surface area contributed by atoms with E-state index in [-0.39, 0.29) is 6.42 Å². The van der Waals surface area contributed by atoms with Crippen molar-refractivity contribution in [1.29, 1.82) is 0 Å². The van der Waals surface area contributed by atoms with Crippen molar-refractivity contribution in [1.82, 2.24) is 0 Å². The minimum Gasteiger partial charge on any atom is -0.462 e. The monoisotopic (exact) mass is 406 g/mol. The number of aliphatic hydroxyl groups is 4. The smallest absolute Gasteiger partial charge is 0.232 e. The number of hydrogen-bond acceptors (Lipinski definition) is 7. The van der Waals surface area contributed by atoms with Crippen molar-refractivity contribution >= 4 is 11.8 Å². The van der Waals surface area contributed by atoms with E-state index < -0.39 is 36.8 Å². The number of rotatable bonds is 7. The van der Waals surface area contributed by atoms with Crippen LogP contribution in [0.3, 0.4) is 0 Å². The van der Waals surface area contributed by atoms with Crippen LogP contribution in [0.15, 0.2) is 59.5 Å². The summed E-state index contributed by atoms with van der Waals surface area (Å²) in [5.74, 6) is 1.40. The van der Waals surface area contributed by atoms with E-state index in [9.17, 15) is 20.4 Å². The molecule has 152 valence electrons. The molecule has 5 atom stereocenters. The van der Waals surface area contributed by atoms with E-state index in [1.165, 1.54) is 0 Å². The summed E-state index contributed by atoms with van der Waals surface area (Å²) >= 11 is 1.71. The lowest BCUT2D eigenvalue weighted by Gasteiger charge is -2.47. The molecule has 0 unspecified atom stereocenters. The van der Waals surface area contributed by atoms with E-state index in [2.05, 4.69) is 6.92 Å². The van der Waals surface area contributed by atoms with Crippen molar-refractivity contribution in [2.24, 2.45) is 0 Å². The Morgan fingerprint density at radius 1 is 1.07 bits per heavy atom. The second-order valence-corrected chi connectivity index (χ2v) is 8.14. The maximum atomic E-state index is 11.3. The highest BCUT2D eigenvalue weighted by atomic mass is 32.2. The van der Waals surface area contributed by atoms with E-state index in [0.29, 0.717) is 5.75 Å². The molecular weight excluding hydrogens is 380 g/mol. The molecule has 3 rings (SSSR count). The predicted octanol–water partition coefficient (Wildman–Crippen LogP) is 1.59.